The summed E-state index contributed by atoms with van der Waals surface area (Å²) in [6.07, 6.45) is 0. The third kappa shape index (κ3) is 5.80. The van der Waals surface area contributed by atoms with Gasteiger partial charge in [0.15, 0.2) is 0 Å². The molecule has 7 heteroatoms. The fraction of sp³-hybridized carbons (Fsp3) is 0.316. The quantitative estimate of drug-likeness (QED) is 0.731. The zero-order valence-electron chi connectivity index (χ0n) is 15.1. The van der Waals surface area contributed by atoms with E-state index in [4.69, 9.17) is 21.1 Å². The van der Waals surface area contributed by atoms with E-state index in [9.17, 15) is 4.79 Å². The van der Waals surface area contributed by atoms with E-state index in [1.54, 1.807) is 31.2 Å². The molecule has 0 aliphatic heterocycles. The molecule has 0 saturated carbocycles. The van der Waals surface area contributed by atoms with Crippen LogP contribution < -0.4 is 19.7 Å². The number of amides is 1. The fourth-order valence-electron chi connectivity index (χ4n) is 2.43. The summed E-state index contributed by atoms with van der Waals surface area (Å²) in [4.78, 5) is 14.2. The van der Waals surface area contributed by atoms with Gasteiger partial charge in [0.1, 0.15) is 11.5 Å². The van der Waals surface area contributed by atoms with E-state index in [2.05, 4.69) is 5.32 Å². The summed E-state index contributed by atoms with van der Waals surface area (Å²) in [5.41, 5.74) is 1.72. The highest BCUT2D eigenvalue weighted by Gasteiger charge is 2.17. The van der Waals surface area contributed by atoms with Crippen LogP contribution in [-0.4, -0.2) is 33.2 Å². The molecule has 142 valence electrons. The molecule has 0 heterocycles. The van der Waals surface area contributed by atoms with Gasteiger partial charge in [0.25, 0.3) is 0 Å². The van der Waals surface area contributed by atoms with E-state index in [1.807, 2.05) is 37.3 Å². The van der Waals surface area contributed by atoms with Crippen LogP contribution in [0.4, 0.5) is 5.69 Å². The van der Waals surface area contributed by atoms with Gasteiger partial charge in [0.2, 0.25) is 5.91 Å². The van der Waals surface area contributed by atoms with Crippen LogP contribution >= 0.6 is 24.0 Å². The number of hydrogen-bond acceptors (Lipinski definition) is 4. The van der Waals surface area contributed by atoms with Crippen molar-refractivity contribution in [3.8, 4) is 11.5 Å². The maximum atomic E-state index is 12.5. The van der Waals surface area contributed by atoms with Gasteiger partial charge in [-0.2, -0.15) is 0 Å². The van der Waals surface area contributed by atoms with Crippen LogP contribution in [-0.2, 0) is 11.3 Å². The van der Waals surface area contributed by atoms with Crippen LogP contribution in [0.15, 0.2) is 42.5 Å². The summed E-state index contributed by atoms with van der Waals surface area (Å²) < 4.78 is 10.6. The molecule has 1 amide bonds. The zero-order valence-corrected chi connectivity index (χ0v) is 16.7. The molecule has 5 nitrogen and oxygen atoms in total. The summed E-state index contributed by atoms with van der Waals surface area (Å²) in [6.45, 7) is 3.24. The summed E-state index contributed by atoms with van der Waals surface area (Å²) >= 11 is 6.22. The van der Waals surface area contributed by atoms with Crippen molar-refractivity contribution in [3.63, 3.8) is 0 Å². The van der Waals surface area contributed by atoms with Crippen molar-refractivity contribution in [1.82, 2.24) is 5.32 Å². The molecule has 26 heavy (non-hydrogen) atoms. The number of carbonyl (C=O) groups is 1. The van der Waals surface area contributed by atoms with Crippen molar-refractivity contribution in [2.45, 2.75) is 13.5 Å². The van der Waals surface area contributed by atoms with Crippen molar-refractivity contribution in [2.24, 2.45) is 0 Å². The number of hydrogen-bond donors (Lipinski definition) is 1. The maximum absolute atomic E-state index is 12.5. The summed E-state index contributed by atoms with van der Waals surface area (Å²) in [7, 11) is 3.30. The van der Waals surface area contributed by atoms with Gasteiger partial charge in [-0.15, -0.1) is 12.4 Å². The Morgan fingerprint density at radius 1 is 1.19 bits per heavy atom. The number of nitrogens with one attached hydrogen (secondary N) is 1. The van der Waals surface area contributed by atoms with E-state index in [1.165, 1.54) is 0 Å². The summed E-state index contributed by atoms with van der Waals surface area (Å²) in [5, 5.41) is 3.36. The molecule has 0 saturated heterocycles. The monoisotopic (exact) mass is 398 g/mol. The minimum Gasteiger partial charge on any atom is -0.495 e. The Bertz CT molecular complexity index is 708. The fourth-order valence-corrected chi connectivity index (χ4v) is 2.69. The number of likely N-dealkylation sites (N-methyl/N-ethyl adjacent to an activating group) is 1. The van der Waals surface area contributed by atoms with Gasteiger partial charge in [-0.05, 0) is 49.9 Å². The van der Waals surface area contributed by atoms with Crippen molar-refractivity contribution in [3.05, 3.63) is 53.1 Å². The van der Waals surface area contributed by atoms with Gasteiger partial charge in [-0.25, -0.2) is 0 Å². The van der Waals surface area contributed by atoms with Crippen LogP contribution in [0.5, 0.6) is 11.5 Å². The van der Waals surface area contributed by atoms with E-state index < -0.39 is 0 Å². The minimum atomic E-state index is -0.0439. The number of anilines is 1. The predicted molar refractivity (Wildman–Crippen MR) is 108 cm³/mol. The third-order valence-electron chi connectivity index (χ3n) is 3.65. The maximum Gasteiger partial charge on any atom is 0.241 e. The van der Waals surface area contributed by atoms with Gasteiger partial charge in [-0.3, -0.25) is 4.79 Å². The predicted octanol–water partition coefficient (Wildman–Crippen LogP) is 3.92. The number of benzene rings is 2. The van der Waals surface area contributed by atoms with Crippen LogP contribution in [0.2, 0.25) is 5.02 Å². The van der Waals surface area contributed by atoms with Gasteiger partial charge in [-0.1, -0.05) is 23.7 Å². The second-order valence-electron chi connectivity index (χ2n) is 5.41. The second kappa shape index (κ2) is 10.9. The number of rotatable bonds is 8. The van der Waals surface area contributed by atoms with Crippen LogP contribution in [0.1, 0.15) is 12.5 Å². The molecule has 0 aliphatic carbocycles. The van der Waals surface area contributed by atoms with Crippen LogP contribution in [0.3, 0.4) is 0 Å². The summed E-state index contributed by atoms with van der Waals surface area (Å²) in [5.74, 6) is 1.34. The van der Waals surface area contributed by atoms with E-state index in [0.29, 0.717) is 23.9 Å². The number of ether oxygens (including phenoxy) is 2. The molecular weight excluding hydrogens is 375 g/mol. The van der Waals surface area contributed by atoms with Gasteiger partial charge in [0.05, 0.1) is 31.8 Å². The molecule has 0 unspecified atom stereocenters. The molecule has 0 radical (unpaired) electrons. The largest absolute Gasteiger partial charge is 0.495 e. The zero-order chi connectivity index (χ0) is 18.2. The Balaban J connectivity index is 0.00000338. The van der Waals surface area contributed by atoms with E-state index in [0.717, 1.165) is 17.0 Å². The number of halogens is 2. The van der Waals surface area contributed by atoms with Crippen LogP contribution in [0, 0.1) is 0 Å². The van der Waals surface area contributed by atoms with Crippen molar-refractivity contribution < 1.29 is 14.3 Å². The molecule has 2 aromatic rings. The van der Waals surface area contributed by atoms with E-state index >= 15 is 0 Å². The Morgan fingerprint density at radius 2 is 1.88 bits per heavy atom. The second-order valence-corrected chi connectivity index (χ2v) is 5.81. The molecule has 0 aromatic heterocycles. The first-order valence-corrected chi connectivity index (χ1v) is 8.47. The van der Waals surface area contributed by atoms with Crippen molar-refractivity contribution >= 4 is 35.6 Å². The standard InChI is InChI=1S/C19H23ClN2O3.ClH/c1-4-25-16-8-5-14(6-9-16)13-22(19(23)12-21-2)15-7-10-18(24-3)17(20)11-15;/h5-11,21H,4,12-13H2,1-3H3;1H. The first-order chi connectivity index (χ1) is 12.1. The molecule has 0 spiro atoms. The van der Waals surface area contributed by atoms with Gasteiger partial charge >= 0.3 is 0 Å². The normalized spacial score (nSPS) is 10.0. The lowest BCUT2D eigenvalue weighted by atomic mass is 10.1. The number of nitrogens with zero attached hydrogens (tertiary/aromatic N) is 1. The molecular formula is C19H24Cl2N2O3. The van der Waals surface area contributed by atoms with Gasteiger partial charge in [0, 0.05) is 5.69 Å². The lowest BCUT2D eigenvalue weighted by molar-refractivity contribution is -0.117. The Hall–Kier alpha value is -1.95. The topological polar surface area (TPSA) is 50.8 Å². The molecule has 1 N–H and O–H groups in total. The molecule has 2 rings (SSSR count). The smallest absolute Gasteiger partial charge is 0.241 e. The average Bonchev–Trinajstić information content (AvgIpc) is 2.61. The Labute approximate surface area is 165 Å². The lowest BCUT2D eigenvalue weighted by Gasteiger charge is -2.24. The number of methoxy groups -OCH3 is 1. The average molecular weight is 399 g/mol. The molecule has 0 fully saturated rings. The molecule has 2 aromatic carbocycles. The Kier molecular flexibility index (Phi) is 9.27. The van der Waals surface area contributed by atoms with Crippen molar-refractivity contribution in [1.29, 1.82) is 0 Å². The van der Waals surface area contributed by atoms with Crippen LogP contribution in [0.25, 0.3) is 0 Å². The highest BCUT2D eigenvalue weighted by atomic mass is 35.5. The highest BCUT2D eigenvalue weighted by Crippen LogP contribution is 2.30. The van der Waals surface area contributed by atoms with E-state index in [-0.39, 0.29) is 24.9 Å². The third-order valence-corrected chi connectivity index (χ3v) is 3.95. The first-order valence-electron chi connectivity index (χ1n) is 8.09. The van der Waals surface area contributed by atoms with Crippen molar-refractivity contribution in [2.75, 3.05) is 32.2 Å². The first kappa shape index (κ1) is 22.1. The Morgan fingerprint density at radius 3 is 2.42 bits per heavy atom. The van der Waals surface area contributed by atoms with Gasteiger partial charge < -0.3 is 19.7 Å². The lowest BCUT2D eigenvalue weighted by Crippen LogP contribution is -2.36. The molecule has 0 atom stereocenters. The highest BCUT2D eigenvalue weighted by molar-refractivity contribution is 6.32. The number of carbonyl (C=O) groups excluding carboxylic acids is 1. The SMILES string of the molecule is CCOc1ccc(CN(C(=O)CNC)c2ccc(OC)c(Cl)c2)cc1.Cl. The minimum absolute atomic E-state index is 0. The molecule has 0 bridgehead atoms. The molecule has 0 aliphatic rings. The summed E-state index contributed by atoms with van der Waals surface area (Å²) in [6, 6.07) is 13.0.